The van der Waals surface area contributed by atoms with Gasteiger partial charge in [0.15, 0.2) is 0 Å². The quantitative estimate of drug-likeness (QED) is 0.762. The van der Waals surface area contributed by atoms with Crippen LogP contribution in [0.25, 0.3) is 0 Å². The van der Waals surface area contributed by atoms with Crippen molar-refractivity contribution in [3.8, 4) is 0 Å². The Morgan fingerprint density at radius 3 is 1.85 bits per heavy atom. The van der Waals surface area contributed by atoms with Gasteiger partial charge in [0.2, 0.25) is 11.8 Å². The molecular weight excluding hydrogens is 273 g/mol. The fourth-order valence-corrected chi connectivity index (χ4v) is 1.24. The average molecular weight is 292 g/mol. The van der Waals surface area contributed by atoms with Gasteiger partial charge in [0, 0.05) is 18.7 Å². The summed E-state index contributed by atoms with van der Waals surface area (Å²) < 4.78 is 38.2. The first-order valence-corrected chi connectivity index (χ1v) is 5.97. The number of halogens is 3. The zero-order valence-corrected chi connectivity index (χ0v) is 11.9. The Balaban J connectivity index is 4.69. The largest absolute Gasteiger partial charge is 0.410 e. The van der Waals surface area contributed by atoms with E-state index in [4.69, 9.17) is 0 Å². The average Bonchev–Trinajstić information content (AvgIpc) is 2.20. The number of carbonyl (C=O) groups is 2. The summed E-state index contributed by atoms with van der Waals surface area (Å²) in [6.07, 6.45) is -2.38. The van der Waals surface area contributed by atoms with E-state index in [1.165, 1.54) is 6.08 Å². The molecule has 0 fully saturated rings. The Bertz CT molecular complexity index is 418. The summed E-state index contributed by atoms with van der Waals surface area (Å²) in [6.45, 7) is 5.78. The molecule has 2 amide bonds. The Hall–Kier alpha value is -1.79. The van der Waals surface area contributed by atoms with Gasteiger partial charge in [-0.2, -0.15) is 13.2 Å². The molecule has 0 heterocycles. The van der Waals surface area contributed by atoms with E-state index in [1.807, 2.05) is 5.32 Å². The van der Waals surface area contributed by atoms with Gasteiger partial charge in [-0.3, -0.25) is 9.59 Å². The molecule has 0 spiro atoms. The number of hydrogen-bond acceptors (Lipinski definition) is 2. The SMILES string of the molecule is CC(C)=CC(=O)NC[C@H](NC(=O)C=C(C)C)C(F)(F)F. The fourth-order valence-electron chi connectivity index (χ4n) is 1.24. The van der Waals surface area contributed by atoms with Gasteiger partial charge in [0.1, 0.15) is 6.04 Å². The molecule has 4 nitrogen and oxygen atoms in total. The van der Waals surface area contributed by atoms with Crippen molar-refractivity contribution in [2.24, 2.45) is 0 Å². The smallest absolute Gasteiger partial charge is 0.350 e. The third-order valence-corrected chi connectivity index (χ3v) is 2.03. The lowest BCUT2D eigenvalue weighted by Gasteiger charge is -2.21. The summed E-state index contributed by atoms with van der Waals surface area (Å²) >= 11 is 0. The van der Waals surface area contributed by atoms with E-state index in [0.717, 1.165) is 6.08 Å². The predicted molar refractivity (Wildman–Crippen MR) is 69.9 cm³/mol. The lowest BCUT2D eigenvalue weighted by atomic mass is 10.2. The van der Waals surface area contributed by atoms with E-state index in [2.05, 4.69) is 5.32 Å². The van der Waals surface area contributed by atoms with Gasteiger partial charge in [-0.25, -0.2) is 0 Å². The molecule has 0 aromatic heterocycles. The molecule has 114 valence electrons. The van der Waals surface area contributed by atoms with Crippen molar-refractivity contribution in [1.82, 2.24) is 10.6 Å². The van der Waals surface area contributed by atoms with E-state index in [9.17, 15) is 22.8 Å². The Labute approximate surface area is 116 Å². The van der Waals surface area contributed by atoms with Gasteiger partial charge < -0.3 is 10.6 Å². The van der Waals surface area contributed by atoms with Crippen LogP contribution in [0.4, 0.5) is 13.2 Å². The molecule has 0 aliphatic carbocycles. The van der Waals surface area contributed by atoms with E-state index in [1.54, 1.807) is 27.7 Å². The second kappa shape index (κ2) is 7.72. The van der Waals surface area contributed by atoms with Crippen molar-refractivity contribution in [3.63, 3.8) is 0 Å². The molecule has 0 bridgehead atoms. The molecule has 0 radical (unpaired) electrons. The minimum absolute atomic E-state index is 0.581. The molecule has 0 saturated carbocycles. The number of allylic oxidation sites excluding steroid dienone is 2. The molecule has 2 N–H and O–H groups in total. The van der Waals surface area contributed by atoms with Crippen molar-refractivity contribution in [1.29, 1.82) is 0 Å². The van der Waals surface area contributed by atoms with Crippen LogP contribution >= 0.6 is 0 Å². The van der Waals surface area contributed by atoms with Crippen LogP contribution < -0.4 is 10.6 Å². The molecule has 0 aromatic carbocycles. The Morgan fingerprint density at radius 2 is 1.45 bits per heavy atom. The summed E-state index contributed by atoms with van der Waals surface area (Å²) in [5.41, 5.74) is 1.25. The number of carbonyl (C=O) groups excluding carboxylic acids is 2. The van der Waals surface area contributed by atoms with Crippen LogP contribution in [0.2, 0.25) is 0 Å². The topological polar surface area (TPSA) is 58.2 Å². The maximum absolute atomic E-state index is 12.7. The highest BCUT2D eigenvalue weighted by Crippen LogP contribution is 2.19. The number of alkyl halides is 3. The third-order valence-electron chi connectivity index (χ3n) is 2.03. The monoisotopic (exact) mass is 292 g/mol. The maximum Gasteiger partial charge on any atom is 0.410 e. The van der Waals surface area contributed by atoms with Gasteiger partial charge in [-0.15, -0.1) is 0 Å². The van der Waals surface area contributed by atoms with Crippen molar-refractivity contribution < 1.29 is 22.8 Å². The van der Waals surface area contributed by atoms with Gasteiger partial charge in [-0.05, 0) is 27.7 Å². The van der Waals surface area contributed by atoms with E-state index in [0.29, 0.717) is 11.1 Å². The van der Waals surface area contributed by atoms with Crippen molar-refractivity contribution in [2.45, 2.75) is 39.9 Å². The van der Waals surface area contributed by atoms with Gasteiger partial charge in [0.25, 0.3) is 0 Å². The standard InChI is InChI=1S/C13H19F3N2O2/c1-8(2)5-11(19)17-7-10(13(14,15)16)18-12(20)6-9(3)4/h5-6,10H,7H2,1-4H3,(H,17,19)(H,18,20)/t10-/m0/s1. The van der Waals surface area contributed by atoms with Gasteiger partial charge in [-0.1, -0.05) is 11.1 Å². The fraction of sp³-hybridized carbons (Fsp3) is 0.538. The first kappa shape index (κ1) is 18.2. The van der Waals surface area contributed by atoms with Crippen molar-refractivity contribution >= 4 is 11.8 Å². The molecule has 20 heavy (non-hydrogen) atoms. The summed E-state index contributed by atoms with van der Waals surface area (Å²) in [4.78, 5) is 22.6. The van der Waals surface area contributed by atoms with Crippen LogP contribution in [-0.2, 0) is 9.59 Å². The summed E-state index contributed by atoms with van der Waals surface area (Å²) in [6, 6.07) is -2.12. The zero-order chi connectivity index (χ0) is 15.9. The van der Waals surface area contributed by atoms with Crippen molar-refractivity contribution in [2.75, 3.05) is 6.54 Å². The normalized spacial score (nSPS) is 12.2. The zero-order valence-electron chi connectivity index (χ0n) is 11.9. The van der Waals surface area contributed by atoms with E-state index < -0.39 is 30.6 Å². The van der Waals surface area contributed by atoms with Crippen molar-refractivity contribution in [3.05, 3.63) is 23.3 Å². The van der Waals surface area contributed by atoms with E-state index in [-0.39, 0.29) is 0 Å². The minimum Gasteiger partial charge on any atom is -0.350 e. The van der Waals surface area contributed by atoms with Crippen LogP contribution in [0.15, 0.2) is 23.3 Å². The Morgan fingerprint density at radius 1 is 1.00 bits per heavy atom. The maximum atomic E-state index is 12.7. The first-order chi connectivity index (χ1) is 9.02. The van der Waals surface area contributed by atoms with E-state index >= 15 is 0 Å². The Kier molecular flexibility index (Phi) is 7.02. The molecule has 0 rings (SSSR count). The number of nitrogens with one attached hydrogen (secondary N) is 2. The van der Waals surface area contributed by atoms with Gasteiger partial charge >= 0.3 is 6.18 Å². The third kappa shape index (κ3) is 8.34. The summed E-state index contributed by atoms with van der Waals surface area (Å²) in [5, 5.41) is 3.93. The van der Waals surface area contributed by atoms with Crippen LogP contribution in [0.5, 0.6) is 0 Å². The number of amides is 2. The number of hydrogen-bond donors (Lipinski definition) is 2. The second-order valence-electron chi connectivity index (χ2n) is 4.79. The molecule has 0 saturated heterocycles. The molecular formula is C13H19F3N2O2. The highest BCUT2D eigenvalue weighted by atomic mass is 19.4. The van der Waals surface area contributed by atoms with Crippen LogP contribution in [0.3, 0.4) is 0 Å². The van der Waals surface area contributed by atoms with Crippen LogP contribution in [0, 0.1) is 0 Å². The summed E-state index contributed by atoms with van der Waals surface area (Å²) in [5.74, 6) is -1.47. The first-order valence-electron chi connectivity index (χ1n) is 5.97. The summed E-state index contributed by atoms with van der Waals surface area (Å²) in [7, 11) is 0. The molecule has 1 atom stereocenters. The minimum atomic E-state index is -4.64. The lowest BCUT2D eigenvalue weighted by molar-refractivity contribution is -0.159. The molecule has 0 aliphatic rings. The van der Waals surface area contributed by atoms with Gasteiger partial charge in [0.05, 0.1) is 0 Å². The second-order valence-corrected chi connectivity index (χ2v) is 4.79. The molecule has 7 heteroatoms. The molecule has 0 aliphatic heterocycles. The number of rotatable bonds is 5. The highest BCUT2D eigenvalue weighted by Gasteiger charge is 2.40. The molecule has 0 unspecified atom stereocenters. The van der Waals surface area contributed by atoms with Crippen LogP contribution in [-0.4, -0.2) is 30.6 Å². The lowest BCUT2D eigenvalue weighted by Crippen LogP contribution is -2.51. The van der Waals surface area contributed by atoms with Crippen LogP contribution in [0.1, 0.15) is 27.7 Å². The molecule has 0 aromatic rings. The predicted octanol–water partition coefficient (Wildman–Crippen LogP) is 2.08. The highest BCUT2D eigenvalue weighted by molar-refractivity contribution is 5.89.